The molecule has 0 rings (SSSR count). The van der Waals surface area contributed by atoms with Crippen molar-refractivity contribution in [3.05, 3.63) is 0 Å². The van der Waals surface area contributed by atoms with Crippen LogP contribution in [0.25, 0.3) is 0 Å². The number of amides is 1. The number of carbonyl (C=O) groups is 1. The largest absolute Gasteiger partial charge is 0.352 e. The van der Waals surface area contributed by atoms with E-state index in [0.29, 0.717) is 18.6 Å². The molecule has 0 aromatic carbocycles. The van der Waals surface area contributed by atoms with Gasteiger partial charge in [-0.2, -0.15) is 0 Å². The summed E-state index contributed by atoms with van der Waals surface area (Å²) in [5.74, 6) is 0.119. The van der Waals surface area contributed by atoms with Crippen molar-refractivity contribution in [3.8, 4) is 0 Å². The third kappa shape index (κ3) is 9.91. The predicted molar refractivity (Wildman–Crippen MR) is 82.4 cm³/mol. The lowest BCUT2D eigenvalue weighted by molar-refractivity contribution is -0.121. The Hall–Kier alpha value is -0.610. The lowest BCUT2D eigenvalue weighted by Gasteiger charge is -2.20. The van der Waals surface area contributed by atoms with Gasteiger partial charge in [0.25, 0.3) is 0 Å². The highest BCUT2D eigenvalue weighted by atomic mass is 16.1. The zero-order valence-electron chi connectivity index (χ0n) is 13.5. The topological polar surface area (TPSA) is 44.4 Å². The number of rotatable bonds is 11. The highest BCUT2D eigenvalue weighted by molar-refractivity contribution is 5.78. The number of hydrogen-bond acceptors (Lipinski definition) is 3. The van der Waals surface area contributed by atoms with Crippen molar-refractivity contribution >= 4 is 5.91 Å². The Labute approximate surface area is 119 Å². The van der Waals surface area contributed by atoms with Crippen molar-refractivity contribution in [1.82, 2.24) is 15.5 Å². The highest BCUT2D eigenvalue weighted by Gasteiger charge is 2.07. The quantitative estimate of drug-likeness (QED) is 0.565. The Kier molecular flexibility index (Phi) is 10.9. The monoisotopic (exact) mass is 271 g/mol. The Morgan fingerprint density at radius 3 is 2.32 bits per heavy atom. The van der Waals surface area contributed by atoms with E-state index in [2.05, 4.69) is 50.3 Å². The van der Waals surface area contributed by atoms with E-state index in [9.17, 15) is 4.79 Å². The maximum absolute atomic E-state index is 11.6. The fourth-order valence-electron chi connectivity index (χ4n) is 1.84. The first-order valence-corrected chi connectivity index (χ1v) is 7.71. The molecule has 0 radical (unpaired) electrons. The zero-order chi connectivity index (χ0) is 14.7. The van der Waals surface area contributed by atoms with Crippen molar-refractivity contribution in [2.45, 2.75) is 65.5 Å². The summed E-state index contributed by atoms with van der Waals surface area (Å²) >= 11 is 0. The number of nitrogens with one attached hydrogen (secondary N) is 2. The second-order valence-corrected chi connectivity index (χ2v) is 5.54. The van der Waals surface area contributed by atoms with Crippen LogP contribution in [0.3, 0.4) is 0 Å². The normalized spacial score (nSPS) is 11.6. The number of carbonyl (C=O) groups excluding carboxylic acids is 1. The van der Waals surface area contributed by atoms with Gasteiger partial charge in [-0.1, -0.05) is 13.8 Å². The lowest BCUT2D eigenvalue weighted by atomic mass is 10.2. The van der Waals surface area contributed by atoms with Crippen LogP contribution in [0, 0.1) is 0 Å². The molecule has 0 atom stereocenters. The first-order chi connectivity index (χ1) is 9.01. The van der Waals surface area contributed by atoms with Crippen LogP contribution in [0.15, 0.2) is 0 Å². The van der Waals surface area contributed by atoms with Crippen LogP contribution >= 0.6 is 0 Å². The van der Waals surface area contributed by atoms with Gasteiger partial charge < -0.3 is 15.5 Å². The number of hydrogen-bond donors (Lipinski definition) is 2. The van der Waals surface area contributed by atoms with Crippen LogP contribution < -0.4 is 10.6 Å². The molecule has 19 heavy (non-hydrogen) atoms. The summed E-state index contributed by atoms with van der Waals surface area (Å²) in [6, 6.07) is 0.938. The molecule has 0 aliphatic carbocycles. The second kappa shape index (κ2) is 11.2. The lowest BCUT2D eigenvalue weighted by Crippen LogP contribution is -2.40. The molecule has 0 aliphatic rings. The zero-order valence-corrected chi connectivity index (χ0v) is 13.5. The molecule has 0 aromatic heterocycles. The van der Waals surface area contributed by atoms with Crippen molar-refractivity contribution in [3.63, 3.8) is 0 Å². The maximum atomic E-state index is 11.6. The molecule has 0 saturated carbocycles. The van der Waals surface area contributed by atoms with E-state index in [-0.39, 0.29) is 5.91 Å². The third-order valence-electron chi connectivity index (χ3n) is 3.63. The molecule has 114 valence electrons. The third-order valence-corrected chi connectivity index (χ3v) is 3.63. The Bertz CT molecular complexity index is 227. The standard InChI is InChI=1S/C15H33N3O/c1-6-14(7-2)17-15(19)12-16-10-8-9-11-18(5)13(3)4/h13-14,16H,6-12H2,1-5H3,(H,17,19). The molecule has 0 aromatic rings. The molecule has 0 aliphatic heterocycles. The molecule has 0 saturated heterocycles. The Morgan fingerprint density at radius 2 is 1.79 bits per heavy atom. The number of unbranched alkanes of at least 4 members (excludes halogenated alkanes) is 1. The van der Waals surface area contributed by atoms with Crippen molar-refractivity contribution in [2.75, 3.05) is 26.7 Å². The van der Waals surface area contributed by atoms with E-state index in [1.165, 1.54) is 6.42 Å². The summed E-state index contributed by atoms with van der Waals surface area (Å²) in [7, 11) is 2.15. The fraction of sp³-hybridized carbons (Fsp3) is 0.933. The molecule has 0 spiro atoms. The first-order valence-electron chi connectivity index (χ1n) is 7.71. The summed E-state index contributed by atoms with van der Waals surface area (Å²) in [5.41, 5.74) is 0. The smallest absolute Gasteiger partial charge is 0.234 e. The van der Waals surface area contributed by atoms with E-state index < -0.39 is 0 Å². The summed E-state index contributed by atoms with van der Waals surface area (Å²) in [4.78, 5) is 14.0. The summed E-state index contributed by atoms with van der Waals surface area (Å²) in [6.45, 7) is 11.1. The van der Waals surface area contributed by atoms with Crippen molar-refractivity contribution in [2.24, 2.45) is 0 Å². The molecule has 4 heteroatoms. The molecule has 0 fully saturated rings. The van der Waals surface area contributed by atoms with Gasteiger partial charge in [-0.25, -0.2) is 0 Å². The molecule has 0 heterocycles. The Balaban J connectivity index is 3.46. The van der Waals surface area contributed by atoms with Gasteiger partial charge in [0, 0.05) is 12.1 Å². The van der Waals surface area contributed by atoms with Crippen molar-refractivity contribution < 1.29 is 4.79 Å². The molecular formula is C15H33N3O. The average Bonchev–Trinajstić information content (AvgIpc) is 2.39. The van der Waals surface area contributed by atoms with Gasteiger partial charge in [0.1, 0.15) is 0 Å². The van der Waals surface area contributed by atoms with Gasteiger partial charge in [-0.3, -0.25) is 4.79 Å². The van der Waals surface area contributed by atoms with Gasteiger partial charge in [-0.05, 0) is 59.7 Å². The maximum Gasteiger partial charge on any atom is 0.234 e. The Morgan fingerprint density at radius 1 is 1.16 bits per heavy atom. The molecule has 0 bridgehead atoms. The van der Waals surface area contributed by atoms with Gasteiger partial charge in [0.05, 0.1) is 6.54 Å². The van der Waals surface area contributed by atoms with Gasteiger partial charge in [0.15, 0.2) is 0 Å². The van der Waals surface area contributed by atoms with Gasteiger partial charge in [0.2, 0.25) is 5.91 Å². The molecule has 0 unspecified atom stereocenters. The number of nitrogens with zero attached hydrogens (tertiary/aromatic N) is 1. The van der Waals surface area contributed by atoms with Crippen LogP contribution in [0.4, 0.5) is 0 Å². The minimum absolute atomic E-state index is 0.119. The van der Waals surface area contributed by atoms with E-state index >= 15 is 0 Å². The van der Waals surface area contributed by atoms with Gasteiger partial charge in [-0.15, -0.1) is 0 Å². The summed E-state index contributed by atoms with van der Waals surface area (Å²) in [6.07, 6.45) is 4.30. The van der Waals surface area contributed by atoms with E-state index in [4.69, 9.17) is 0 Å². The minimum Gasteiger partial charge on any atom is -0.352 e. The van der Waals surface area contributed by atoms with Gasteiger partial charge >= 0.3 is 0 Å². The molecule has 1 amide bonds. The average molecular weight is 271 g/mol. The van der Waals surface area contributed by atoms with Crippen molar-refractivity contribution in [1.29, 1.82) is 0 Å². The molecular weight excluding hydrogens is 238 g/mol. The van der Waals surface area contributed by atoms with E-state index in [1.807, 2.05) is 0 Å². The fourth-order valence-corrected chi connectivity index (χ4v) is 1.84. The van der Waals surface area contributed by atoms with Crippen LogP contribution in [0.2, 0.25) is 0 Å². The predicted octanol–water partition coefficient (Wildman–Crippen LogP) is 2.00. The van der Waals surface area contributed by atoms with E-state index in [0.717, 1.165) is 32.4 Å². The minimum atomic E-state index is 0.119. The summed E-state index contributed by atoms with van der Waals surface area (Å²) in [5, 5.41) is 6.24. The van der Waals surface area contributed by atoms with Crippen LogP contribution in [-0.2, 0) is 4.79 Å². The SMILES string of the molecule is CCC(CC)NC(=O)CNCCCCN(C)C(C)C. The summed E-state index contributed by atoms with van der Waals surface area (Å²) < 4.78 is 0. The first kappa shape index (κ1) is 18.4. The second-order valence-electron chi connectivity index (χ2n) is 5.54. The van der Waals surface area contributed by atoms with E-state index in [1.54, 1.807) is 0 Å². The van der Waals surface area contributed by atoms with Crippen LogP contribution in [0.5, 0.6) is 0 Å². The highest BCUT2D eigenvalue weighted by Crippen LogP contribution is 1.97. The van der Waals surface area contributed by atoms with Crippen LogP contribution in [0.1, 0.15) is 53.4 Å². The van der Waals surface area contributed by atoms with Crippen LogP contribution in [-0.4, -0.2) is 49.6 Å². The molecule has 2 N–H and O–H groups in total. The molecule has 4 nitrogen and oxygen atoms in total.